The van der Waals surface area contributed by atoms with E-state index < -0.39 is 11.6 Å². The number of nitrogens with zero attached hydrogens (tertiary/aromatic N) is 1. The molecule has 5 heteroatoms. The third-order valence-corrected chi connectivity index (χ3v) is 5.48. The molecule has 0 amide bonds. The zero-order chi connectivity index (χ0) is 22.4. The molecule has 0 aliphatic rings. The predicted octanol–water partition coefficient (Wildman–Crippen LogP) is 5.77. The Morgan fingerprint density at radius 2 is 1.71 bits per heavy atom. The molecule has 0 saturated heterocycles. The second-order valence-corrected chi connectivity index (χ2v) is 9.10. The van der Waals surface area contributed by atoms with Crippen LogP contribution >= 0.6 is 0 Å². The Labute approximate surface area is 184 Å². The van der Waals surface area contributed by atoms with Gasteiger partial charge in [0.15, 0.2) is 0 Å². The molecule has 0 fully saturated rings. The van der Waals surface area contributed by atoms with Crippen LogP contribution in [0.15, 0.2) is 60.8 Å². The standard InChI is InChI=1S/C26H33F2N3/c1-26(2,3)25(30-14-8-13-29-4)24-15-20(22-16-21(27)11-12-23(22)28)18-31(24)17-19-9-6-5-7-10-19/h5-7,9-12,15-16,18,25,29-30H,8,13-14,17H2,1-4H3. The Hall–Kier alpha value is -2.50. The minimum absolute atomic E-state index is 0.0541. The molecular formula is C26H33F2N3. The van der Waals surface area contributed by atoms with Crippen LogP contribution in [0.2, 0.25) is 0 Å². The first-order chi connectivity index (χ1) is 14.8. The molecule has 3 nitrogen and oxygen atoms in total. The van der Waals surface area contributed by atoms with Crippen LogP contribution in [0.3, 0.4) is 0 Å². The summed E-state index contributed by atoms with van der Waals surface area (Å²) in [6.45, 7) is 9.07. The molecule has 0 saturated carbocycles. The number of benzene rings is 2. The molecule has 1 aromatic heterocycles. The van der Waals surface area contributed by atoms with Crippen molar-refractivity contribution in [2.24, 2.45) is 5.41 Å². The van der Waals surface area contributed by atoms with Crippen LogP contribution in [-0.2, 0) is 6.54 Å². The van der Waals surface area contributed by atoms with E-state index in [9.17, 15) is 8.78 Å². The van der Waals surface area contributed by atoms with Gasteiger partial charge in [0, 0.05) is 29.6 Å². The van der Waals surface area contributed by atoms with E-state index in [-0.39, 0.29) is 17.0 Å². The first-order valence-corrected chi connectivity index (χ1v) is 10.9. The fourth-order valence-electron chi connectivity index (χ4n) is 3.92. The van der Waals surface area contributed by atoms with E-state index in [0.29, 0.717) is 12.1 Å². The highest BCUT2D eigenvalue weighted by Crippen LogP contribution is 2.36. The quantitative estimate of drug-likeness (QED) is 0.426. The molecule has 3 aromatic rings. The summed E-state index contributed by atoms with van der Waals surface area (Å²) in [5.74, 6) is -0.856. The average molecular weight is 426 g/mol. The van der Waals surface area contributed by atoms with Crippen molar-refractivity contribution >= 4 is 0 Å². The van der Waals surface area contributed by atoms with Gasteiger partial charge in [-0.1, -0.05) is 51.1 Å². The molecule has 166 valence electrons. The van der Waals surface area contributed by atoms with Crippen molar-refractivity contribution in [3.63, 3.8) is 0 Å². The first-order valence-electron chi connectivity index (χ1n) is 10.9. The third kappa shape index (κ3) is 6.02. The molecule has 2 aromatic carbocycles. The second-order valence-electron chi connectivity index (χ2n) is 9.10. The fourth-order valence-corrected chi connectivity index (χ4v) is 3.92. The van der Waals surface area contributed by atoms with Gasteiger partial charge in [0.1, 0.15) is 11.6 Å². The Morgan fingerprint density at radius 3 is 2.39 bits per heavy atom. The van der Waals surface area contributed by atoms with Crippen LogP contribution in [0.5, 0.6) is 0 Å². The van der Waals surface area contributed by atoms with E-state index in [1.807, 2.05) is 37.5 Å². The van der Waals surface area contributed by atoms with Crippen molar-refractivity contribution in [1.82, 2.24) is 15.2 Å². The summed E-state index contributed by atoms with van der Waals surface area (Å²) < 4.78 is 30.6. The maximum atomic E-state index is 14.5. The van der Waals surface area contributed by atoms with Crippen molar-refractivity contribution in [1.29, 1.82) is 0 Å². The van der Waals surface area contributed by atoms with Crippen LogP contribution in [0.1, 0.15) is 44.5 Å². The van der Waals surface area contributed by atoms with E-state index in [2.05, 4.69) is 48.1 Å². The smallest absolute Gasteiger partial charge is 0.131 e. The lowest BCUT2D eigenvalue weighted by atomic mass is 9.84. The number of nitrogens with one attached hydrogen (secondary N) is 2. The number of aromatic nitrogens is 1. The van der Waals surface area contributed by atoms with Crippen LogP contribution < -0.4 is 10.6 Å². The second kappa shape index (κ2) is 10.2. The molecular weight excluding hydrogens is 392 g/mol. The summed E-state index contributed by atoms with van der Waals surface area (Å²) in [7, 11) is 1.95. The summed E-state index contributed by atoms with van der Waals surface area (Å²) in [5, 5.41) is 6.88. The van der Waals surface area contributed by atoms with Gasteiger partial charge in [-0.05, 0) is 61.8 Å². The van der Waals surface area contributed by atoms with Gasteiger partial charge in [0.2, 0.25) is 0 Å². The lowest BCUT2D eigenvalue weighted by Gasteiger charge is -2.33. The molecule has 31 heavy (non-hydrogen) atoms. The van der Waals surface area contributed by atoms with Crippen molar-refractivity contribution in [2.45, 2.75) is 39.8 Å². The lowest BCUT2D eigenvalue weighted by molar-refractivity contribution is 0.261. The summed E-state index contributed by atoms with van der Waals surface area (Å²) in [5.41, 5.74) is 3.14. The largest absolute Gasteiger partial charge is 0.345 e. The average Bonchev–Trinajstić information content (AvgIpc) is 3.12. The minimum Gasteiger partial charge on any atom is -0.345 e. The SMILES string of the molecule is CNCCCNC(c1cc(-c2cc(F)ccc2F)cn1Cc1ccccc1)C(C)(C)C. The summed E-state index contributed by atoms with van der Waals surface area (Å²) in [6.07, 6.45) is 2.95. The molecule has 3 rings (SSSR count). The number of rotatable bonds is 9. The minimum atomic E-state index is -0.439. The molecule has 0 aliphatic heterocycles. The van der Waals surface area contributed by atoms with Crippen LogP contribution in [-0.4, -0.2) is 24.7 Å². The maximum absolute atomic E-state index is 14.5. The number of hydrogen-bond donors (Lipinski definition) is 2. The van der Waals surface area contributed by atoms with Crippen molar-refractivity contribution in [3.8, 4) is 11.1 Å². The Balaban J connectivity index is 2.04. The Bertz CT molecular complexity index is 974. The van der Waals surface area contributed by atoms with Gasteiger partial charge in [0.25, 0.3) is 0 Å². The summed E-state index contributed by atoms with van der Waals surface area (Å²) in [4.78, 5) is 0. The molecule has 0 spiro atoms. The van der Waals surface area contributed by atoms with E-state index in [4.69, 9.17) is 0 Å². The van der Waals surface area contributed by atoms with Gasteiger partial charge >= 0.3 is 0 Å². The van der Waals surface area contributed by atoms with E-state index in [0.717, 1.165) is 36.8 Å². The van der Waals surface area contributed by atoms with E-state index in [1.54, 1.807) is 0 Å². The molecule has 1 heterocycles. The first kappa shape index (κ1) is 23.2. The van der Waals surface area contributed by atoms with E-state index in [1.165, 1.54) is 12.1 Å². The monoisotopic (exact) mass is 425 g/mol. The van der Waals surface area contributed by atoms with Gasteiger partial charge < -0.3 is 15.2 Å². The molecule has 0 bridgehead atoms. The van der Waals surface area contributed by atoms with Gasteiger partial charge in [-0.3, -0.25) is 0 Å². The van der Waals surface area contributed by atoms with Crippen molar-refractivity contribution in [3.05, 3.63) is 83.7 Å². The molecule has 2 N–H and O–H groups in total. The highest BCUT2D eigenvalue weighted by molar-refractivity contribution is 5.65. The topological polar surface area (TPSA) is 29.0 Å². The third-order valence-electron chi connectivity index (χ3n) is 5.48. The molecule has 0 radical (unpaired) electrons. The van der Waals surface area contributed by atoms with Crippen LogP contribution in [0.4, 0.5) is 8.78 Å². The van der Waals surface area contributed by atoms with Crippen LogP contribution in [0, 0.1) is 17.0 Å². The highest BCUT2D eigenvalue weighted by atomic mass is 19.1. The number of halogens is 2. The van der Waals surface area contributed by atoms with Crippen molar-refractivity contribution in [2.75, 3.05) is 20.1 Å². The zero-order valence-electron chi connectivity index (χ0n) is 18.9. The molecule has 1 atom stereocenters. The van der Waals surface area contributed by atoms with E-state index >= 15 is 0 Å². The predicted molar refractivity (Wildman–Crippen MR) is 124 cm³/mol. The van der Waals surface area contributed by atoms with Gasteiger partial charge in [-0.25, -0.2) is 8.78 Å². The Kier molecular flexibility index (Phi) is 7.63. The summed E-state index contributed by atoms with van der Waals surface area (Å²) in [6, 6.07) is 15.9. The summed E-state index contributed by atoms with van der Waals surface area (Å²) >= 11 is 0. The fraction of sp³-hybridized carbons (Fsp3) is 0.385. The number of hydrogen-bond acceptors (Lipinski definition) is 2. The van der Waals surface area contributed by atoms with Crippen molar-refractivity contribution < 1.29 is 8.78 Å². The highest BCUT2D eigenvalue weighted by Gasteiger charge is 2.29. The van der Waals surface area contributed by atoms with Gasteiger partial charge in [-0.15, -0.1) is 0 Å². The zero-order valence-corrected chi connectivity index (χ0v) is 18.9. The normalized spacial score (nSPS) is 12.8. The Morgan fingerprint density at radius 1 is 0.968 bits per heavy atom. The lowest BCUT2D eigenvalue weighted by Crippen LogP contribution is -2.35. The maximum Gasteiger partial charge on any atom is 0.131 e. The molecule has 1 unspecified atom stereocenters. The van der Waals surface area contributed by atoms with Gasteiger partial charge in [-0.2, -0.15) is 0 Å². The molecule has 0 aliphatic carbocycles. The van der Waals surface area contributed by atoms with Crippen LogP contribution in [0.25, 0.3) is 11.1 Å². The van der Waals surface area contributed by atoms with Gasteiger partial charge in [0.05, 0.1) is 6.04 Å².